The summed E-state index contributed by atoms with van der Waals surface area (Å²) < 4.78 is 16.2. The zero-order valence-corrected chi connectivity index (χ0v) is 21.3. The van der Waals surface area contributed by atoms with E-state index in [-0.39, 0.29) is 12.5 Å². The van der Waals surface area contributed by atoms with Gasteiger partial charge in [-0.05, 0) is 56.0 Å². The molecule has 1 atom stereocenters. The number of amides is 3. The van der Waals surface area contributed by atoms with Crippen molar-refractivity contribution in [1.82, 2.24) is 10.6 Å². The lowest BCUT2D eigenvalue weighted by atomic mass is 9.93. The zero-order chi connectivity index (χ0) is 26.2. The summed E-state index contributed by atoms with van der Waals surface area (Å²) in [4.78, 5) is 37.5. The maximum absolute atomic E-state index is 12.7. The maximum Gasteiger partial charge on any atom is 0.337 e. The van der Waals surface area contributed by atoms with Crippen LogP contribution in [0, 0.1) is 13.8 Å². The second-order valence-corrected chi connectivity index (χ2v) is 8.58. The van der Waals surface area contributed by atoms with Gasteiger partial charge in [0, 0.05) is 11.4 Å². The number of benzene rings is 2. The first-order valence-corrected chi connectivity index (χ1v) is 11.8. The Morgan fingerprint density at radius 1 is 1.06 bits per heavy atom. The minimum Gasteiger partial charge on any atom is -0.493 e. The fourth-order valence-electron chi connectivity index (χ4n) is 4.04. The predicted octanol–water partition coefficient (Wildman–Crippen LogP) is 4.30. The summed E-state index contributed by atoms with van der Waals surface area (Å²) in [6.07, 6.45) is 2.25. The number of methoxy groups -OCH3 is 2. The first kappa shape index (κ1) is 26.6. The Hall–Kier alpha value is -4.01. The Balaban J connectivity index is 1.80. The summed E-state index contributed by atoms with van der Waals surface area (Å²) >= 11 is 0. The molecule has 3 N–H and O–H groups in total. The molecule has 0 bridgehead atoms. The average molecular weight is 496 g/mol. The Morgan fingerprint density at radius 3 is 2.50 bits per heavy atom. The Kier molecular flexibility index (Phi) is 8.94. The number of hydrogen-bond donors (Lipinski definition) is 3. The molecule has 9 heteroatoms. The molecule has 0 aromatic heterocycles. The smallest absolute Gasteiger partial charge is 0.337 e. The number of esters is 1. The van der Waals surface area contributed by atoms with Crippen LogP contribution in [0.15, 0.2) is 47.7 Å². The van der Waals surface area contributed by atoms with Crippen LogP contribution in [-0.4, -0.2) is 38.7 Å². The molecule has 2 aromatic carbocycles. The quantitative estimate of drug-likeness (QED) is 0.424. The van der Waals surface area contributed by atoms with Gasteiger partial charge in [0.25, 0.3) is 5.91 Å². The van der Waals surface area contributed by atoms with Gasteiger partial charge in [0.2, 0.25) is 0 Å². The topological polar surface area (TPSA) is 115 Å². The monoisotopic (exact) mass is 495 g/mol. The van der Waals surface area contributed by atoms with Gasteiger partial charge in [-0.3, -0.25) is 4.79 Å². The molecule has 0 saturated heterocycles. The first-order valence-electron chi connectivity index (χ1n) is 11.8. The van der Waals surface area contributed by atoms with Crippen LogP contribution in [0.25, 0.3) is 0 Å². The molecule has 192 valence electrons. The van der Waals surface area contributed by atoms with E-state index >= 15 is 0 Å². The van der Waals surface area contributed by atoms with Crippen molar-refractivity contribution in [2.75, 3.05) is 26.1 Å². The largest absolute Gasteiger partial charge is 0.493 e. The van der Waals surface area contributed by atoms with Crippen molar-refractivity contribution in [3.8, 4) is 11.5 Å². The van der Waals surface area contributed by atoms with E-state index in [4.69, 9.17) is 14.2 Å². The fourth-order valence-corrected chi connectivity index (χ4v) is 4.04. The highest BCUT2D eigenvalue weighted by Crippen LogP contribution is 2.35. The van der Waals surface area contributed by atoms with Gasteiger partial charge in [0.05, 0.1) is 25.8 Å². The lowest BCUT2D eigenvalue weighted by Gasteiger charge is -2.29. The van der Waals surface area contributed by atoms with Crippen molar-refractivity contribution in [2.24, 2.45) is 0 Å². The van der Waals surface area contributed by atoms with Gasteiger partial charge in [-0.2, -0.15) is 0 Å². The number of hydrogen-bond acceptors (Lipinski definition) is 6. The molecule has 0 aliphatic carbocycles. The van der Waals surface area contributed by atoms with Gasteiger partial charge >= 0.3 is 12.0 Å². The van der Waals surface area contributed by atoms with Crippen LogP contribution in [-0.2, 0) is 14.3 Å². The van der Waals surface area contributed by atoms with Gasteiger partial charge in [0.1, 0.15) is 0 Å². The number of ether oxygens (including phenoxy) is 3. The van der Waals surface area contributed by atoms with Crippen LogP contribution in [0.1, 0.15) is 48.9 Å². The van der Waals surface area contributed by atoms with Crippen molar-refractivity contribution >= 4 is 23.6 Å². The number of anilines is 1. The number of allylic oxidation sites excluding steroid dienone is 1. The van der Waals surface area contributed by atoms with Gasteiger partial charge in [0.15, 0.2) is 18.1 Å². The molecule has 1 aliphatic rings. The average Bonchev–Trinajstić information content (AvgIpc) is 2.86. The van der Waals surface area contributed by atoms with Crippen molar-refractivity contribution < 1.29 is 28.6 Å². The molecule has 3 amide bonds. The molecule has 1 aliphatic heterocycles. The van der Waals surface area contributed by atoms with Crippen LogP contribution in [0.5, 0.6) is 11.5 Å². The van der Waals surface area contributed by atoms with Crippen LogP contribution in [0.3, 0.4) is 0 Å². The molecule has 1 heterocycles. The molecule has 9 nitrogen and oxygen atoms in total. The summed E-state index contributed by atoms with van der Waals surface area (Å²) in [5.74, 6) is -0.123. The minimum atomic E-state index is -0.728. The molecule has 3 rings (SSSR count). The summed E-state index contributed by atoms with van der Waals surface area (Å²) in [6, 6.07) is 9.68. The molecule has 0 spiro atoms. The number of rotatable bonds is 10. The van der Waals surface area contributed by atoms with Crippen molar-refractivity contribution in [1.29, 1.82) is 0 Å². The Morgan fingerprint density at radius 2 is 1.83 bits per heavy atom. The van der Waals surface area contributed by atoms with Crippen LogP contribution < -0.4 is 25.4 Å². The molecule has 2 aromatic rings. The normalized spacial score (nSPS) is 15.0. The standard InChI is InChI=1S/C27H33N3O6/c1-6-7-8-20-24(26(32)35-5)25(30-27(33)29-20)18-10-12-21(22(14-18)34-4)36-15-23(31)28-19-11-9-16(2)13-17(19)3/h9-14,25H,6-8,15H2,1-5H3,(H,28,31)(H2,29,30,33). The molecule has 1 unspecified atom stereocenters. The number of unbranched alkanes of at least 4 members (excludes halogenated alkanes) is 1. The molecule has 0 radical (unpaired) electrons. The third kappa shape index (κ3) is 6.35. The van der Waals surface area contributed by atoms with Crippen LogP contribution in [0.2, 0.25) is 0 Å². The van der Waals surface area contributed by atoms with Crippen molar-refractivity contribution in [3.05, 3.63) is 64.4 Å². The van der Waals surface area contributed by atoms with Gasteiger partial charge in [-0.25, -0.2) is 9.59 Å². The van der Waals surface area contributed by atoms with Crippen molar-refractivity contribution in [2.45, 2.75) is 46.1 Å². The predicted molar refractivity (Wildman–Crippen MR) is 136 cm³/mol. The highest BCUT2D eigenvalue weighted by molar-refractivity contribution is 5.95. The molecular weight excluding hydrogens is 462 g/mol. The number of carbonyl (C=O) groups is 3. The second kappa shape index (κ2) is 12.1. The van der Waals surface area contributed by atoms with E-state index in [1.165, 1.54) is 14.2 Å². The summed E-state index contributed by atoms with van der Waals surface area (Å²) in [5.41, 5.74) is 4.29. The highest BCUT2D eigenvalue weighted by Gasteiger charge is 2.33. The SMILES string of the molecule is CCCCC1=C(C(=O)OC)C(c2ccc(OCC(=O)Nc3ccc(C)cc3C)c(OC)c2)NC(=O)N1. The zero-order valence-electron chi connectivity index (χ0n) is 21.3. The molecule has 0 saturated carbocycles. The van der Waals surface area contributed by atoms with E-state index in [1.54, 1.807) is 18.2 Å². The minimum absolute atomic E-state index is 0.221. The lowest BCUT2D eigenvalue weighted by Crippen LogP contribution is -2.45. The summed E-state index contributed by atoms with van der Waals surface area (Å²) in [7, 11) is 2.79. The summed E-state index contributed by atoms with van der Waals surface area (Å²) in [6.45, 7) is 5.73. The van der Waals surface area contributed by atoms with Crippen LogP contribution >= 0.6 is 0 Å². The number of nitrogens with one attached hydrogen (secondary N) is 3. The molecular formula is C27H33N3O6. The molecule has 36 heavy (non-hydrogen) atoms. The van der Waals surface area contributed by atoms with E-state index in [0.29, 0.717) is 34.8 Å². The van der Waals surface area contributed by atoms with Gasteiger partial charge < -0.3 is 30.2 Å². The number of urea groups is 1. The van der Waals surface area contributed by atoms with Gasteiger partial charge in [-0.1, -0.05) is 37.1 Å². The molecule has 0 fully saturated rings. The fraction of sp³-hybridized carbons (Fsp3) is 0.370. The van der Waals surface area contributed by atoms with Gasteiger partial charge in [-0.15, -0.1) is 0 Å². The maximum atomic E-state index is 12.7. The highest BCUT2D eigenvalue weighted by atomic mass is 16.5. The summed E-state index contributed by atoms with van der Waals surface area (Å²) in [5, 5.41) is 8.38. The Bertz CT molecular complexity index is 1170. The van der Waals surface area contributed by atoms with E-state index < -0.39 is 18.0 Å². The van der Waals surface area contributed by atoms with E-state index in [0.717, 1.165) is 29.7 Å². The third-order valence-electron chi connectivity index (χ3n) is 5.88. The third-order valence-corrected chi connectivity index (χ3v) is 5.88. The van der Waals surface area contributed by atoms with Crippen molar-refractivity contribution in [3.63, 3.8) is 0 Å². The number of carbonyl (C=O) groups excluding carboxylic acids is 3. The first-order chi connectivity index (χ1) is 17.3. The second-order valence-electron chi connectivity index (χ2n) is 8.58. The lowest BCUT2D eigenvalue weighted by molar-refractivity contribution is -0.136. The van der Waals surface area contributed by atoms with E-state index in [2.05, 4.69) is 16.0 Å². The van der Waals surface area contributed by atoms with E-state index in [9.17, 15) is 14.4 Å². The van der Waals surface area contributed by atoms with Crippen LogP contribution in [0.4, 0.5) is 10.5 Å². The van der Waals surface area contributed by atoms with E-state index in [1.807, 2.05) is 39.0 Å². The number of aryl methyl sites for hydroxylation is 2. The Labute approximate surface area is 211 Å².